The van der Waals surface area contributed by atoms with E-state index in [9.17, 15) is 4.79 Å². The summed E-state index contributed by atoms with van der Waals surface area (Å²) in [7, 11) is 0. The smallest absolute Gasteiger partial charge is 0.261 e. The summed E-state index contributed by atoms with van der Waals surface area (Å²) in [6.45, 7) is 8.63. The molecule has 6 heteroatoms. The van der Waals surface area contributed by atoms with Crippen LogP contribution in [-0.2, 0) is 0 Å². The van der Waals surface area contributed by atoms with Gasteiger partial charge in [0, 0.05) is 0 Å². The first-order valence-electron chi connectivity index (χ1n) is 8.68. The van der Waals surface area contributed by atoms with Crippen molar-refractivity contribution in [3.05, 3.63) is 66.7 Å². The quantitative estimate of drug-likeness (QED) is 0.521. The first-order valence-corrected chi connectivity index (χ1v) is 9.09. The highest BCUT2D eigenvalue weighted by Crippen LogP contribution is 2.24. The Balaban J connectivity index is 2.04. The number of ether oxygens (including phenoxy) is 2. The number of carbonyl (C=O) groups excluding carboxylic acids is 1. The highest BCUT2D eigenvalue weighted by Gasteiger charge is 2.14. The summed E-state index contributed by atoms with van der Waals surface area (Å²) in [6, 6.07) is 14.4. The van der Waals surface area contributed by atoms with Gasteiger partial charge in [-0.25, -0.2) is 0 Å². The Labute approximate surface area is 165 Å². The standard InChI is InChI=1S/C21H24N2O3S/c1-4-13-25-19-12-8-6-10-17(19)22-21(27)23-20(24)16-9-5-7-11-18(16)26-14-15(2)3/h4-12,15H,1,13-14H2,2-3H3,(H2,22,23,24,27). The molecule has 5 nitrogen and oxygen atoms in total. The average Bonchev–Trinajstić information content (AvgIpc) is 2.65. The van der Waals surface area contributed by atoms with Crippen molar-refractivity contribution in [1.29, 1.82) is 0 Å². The first-order chi connectivity index (χ1) is 13.0. The monoisotopic (exact) mass is 384 g/mol. The largest absolute Gasteiger partial charge is 0.492 e. The highest BCUT2D eigenvalue weighted by molar-refractivity contribution is 7.80. The van der Waals surface area contributed by atoms with Crippen molar-refractivity contribution in [2.45, 2.75) is 13.8 Å². The minimum Gasteiger partial charge on any atom is -0.492 e. The van der Waals surface area contributed by atoms with E-state index in [4.69, 9.17) is 21.7 Å². The molecule has 2 aromatic carbocycles. The number of carbonyl (C=O) groups is 1. The van der Waals surface area contributed by atoms with Crippen molar-refractivity contribution < 1.29 is 14.3 Å². The predicted octanol–water partition coefficient (Wildman–Crippen LogP) is 4.41. The molecule has 0 atom stereocenters. The van der Waals surface area contributed by atoms with Gasteiger partial charge >= 0.3 is 0 Å². The van der Waals surface area contributed by atoms with Gasteiger partial charge in [-0.05, 0) is 42.4 Å². The SMILES string of the molecule is C=CCOc1ccccc1NC(=S)NC(=O)c1ccccc1OCC(C)C. The second kappa shape index (κ2) is 10.3. The molecule has 0 bridgehead atoms. The number of hydrogen-bond acceptors (Lipinski definition) is 4. The van der Waals surface area contributed by atoms with Crippen LogP contribution in [0.1, 0.15) is 24.2 Å². The number of rotatable bonds is 8. The Morgan fingerprint density at radius 2 is 1.78 bits per heavy atom. The van der Waals surface area contributed by atoms with Gasteiger partial charge in [0.05, 0.1) is 17.9 Å². The zero-order valence-electron chi connectivity index (χ0n) is 15.5. The second-order valence-corrected chi connectivity index (χ2v) is 6.61. The number of hydrogen-bond donors (Lipinski definition) is 2. The third-order valence-corrected chi connectivity index (χ3v) is 3.63. The molecule has 0 aliphatic heterocycles. The number of para-hydroxylation sites is 3. The fourth-order valence-corrected chi connectivity index (χ4v) is 2.41. The van der Waals surface area contributed by atoms with Gasteiger partial charge in [0.25, 0.3) is 5.91 Å². The first kappa shape index (κ1) is 20.5. The van der Waals surface area contributed by atoms with Crippen LogP contribution in [0.25, 0.3) is 0 Å². The van der Waals surface area contributed by atoms with Crippen LogP contribution in [0.2, 0.25) is 0 Å². The van der Waals surface area contributed by atoms with E-state index in [0.717, 1.165) is 0 Å². The Bertz CT molecular complexity index is 806. The van der Waals surface area contributed by atoms with Crippen molar-refractivity contribution in [1.82, 2.24) is 5.32 Å². The lowest BCUT2D eigenvalue weighted by Gasteiger charge is -2.15. The number of nitrogens with one attached hydrogen (secondary N) is 2. The van der Waals surface area contributed by atoms with Gasteiger partial charge in [0.15, 0.2) is 5.11 Å². The molecule has 0 saturated carbocycles. The second-order valence-electron chi connectivity index (χ2n) is 6.21. The van der Waals surface area contributed by atoms with E-state index in [0.29, 0.717) is 41.9 Å². The van der Waals surface area contributed by atoms with Crippen molar-refractivity contribution >= 4 is 28.9 Å². The maximum absolute atomic E-state index is 12.6. The lowest BCUT2D eigenvalue weighted by atomic mass is 10.2. The van der Waals surface area contributed by atoms with Crippen LogP contribution in [0.3, 0.4) is 0 Å². The molecule has 0 radical (unpaired) electrons. The molecule has 0 spiro atoms. The molecule has 0 unspecified atom stereocenters. The number of amides is 1. The van der Waals surface area contributed by atoms with Gasteiger partial charge in [0.2, 0.25) is 0 Å². The van der Waals surface area contributed by atoms with Gasteiger partial charge in [-0.2, -0.15) is 0 Å². The molecule has 2 aromatic rings. The molecule has 2 rings (SSSR count). The molecular formula is C21H24N2O3S. The molecule has 2 N–H and O–H groups in total. The van der Waals surface area contributed by atoms with E-state index in [1.54, 1.807) is 24.3 Å². The van der Waals surface area contributed by atoms with Crippen LogP contribution in [0.4, 0.5) is 5.69 Å². The van der Waals surface area contributed by atoms with Crippen molar-refractivity contribution in [3.8, 4) is 11.5 Å². The van der Waals surface area contributed by atoms with Crippen LogP contribution in [0, 0.1) is 5.92 Å². The molecular weight excluding hydrogens is 360 g/mol. The lowest BCUT2D eigenvalue weighted by molar-refractivity contribution is 0.0973. The van der Waals surface area contributed by atoms with Gasteiger partial charge in [-0.1, -0.05) is 50.8 Å². The summed E-state index contributed by atoms with van der Waals surface area (Å²) in [5, 5.41) is 5.85. The number of anilines is 1. The summed E-state index contributed by atoms with van der Waals surface area (Å²) < 4.78 is 11.3. The van der Waals surface area contributed by atoms with Crippen LogP contribution in [0.5, 0.6) is 11.5 Å². The molecule has 0 saturated heterocycles. The summed E-state index contributed by atoms with van der Waals surface area (Å²) in [5.41, 5.74) is 1.09. The Morgan fingerprint density at radius 1 is 1.11 bits per heavy atom. The molecule has 27 heavy (non-hydrogen) atoms. The van der Waals surface area contributed by atoms with Crippen LogP contribution in [-0.4, -0.2) is 24.2 Å². The third-order valence-electron chi connectivity index (χ3n) is 3.42. The van der Waals surface area contributed by atoms with Crippen LogP contribution >= 0.6 is 12.2 Å². The summed E-state index contributed by atoms with van der Waals surface area (Å²) >= 11 is 5.27. The molecule has 1 amide bonds. The maximum Gasteiger partial charge on any atom is 0.261 e. The number of thiocarbonyl (C=S) groups is 1. The number of benzene rings is 2. The molecule has 0 fully saturated rings. The zero-order chi connectivity index (χ0) is 19.6. The molecule has 0 aliphatic rings. The summed E-state index contributed by atoms with van der Waals surface area (Å²) in [5.74, 6) is 1.17. The van der Waals surface area contributed by atoms with E-state index < -0.39 is 0 Å². The van der Waals surface area contributed by atoms with E-state index in [1.807, 2.05) is 44.2 Å². The molecule has 0 aliphatic carbocycles. The Hall–Kier alpha value is -2.86. The van der Waals surface area contributed by atoms with E-state index in [2.05, 4.69) is 17.2 Å². The minimum atomic E-state index is -0.337. The third kappa shape index (κ3) is 6.42. The maximum atomic E-state index is 12.6. The van der Waals surface area contributed by atoms with E-state index in [-0.39, 0.29) is 11.0 Å². The molecule has 142 valence electrons. The Kier molecular flexibility index (Phi) is 7.82. The highest BCUT2D eigenvalue weighted by atomic mass is 32.1. The van der Waals surface area contributed by atoms with E-state index >= 15 is 0 Å². The van der Waals surface area contributed by atoms with Crippen molar-refractivity contribution in [2.24, 2.45) is 5.92 Å². The lowest BCUT2D eigenvalue weighted by Crippen LogP contribution is -2.34. The van der Waals surface area contributed by atoms with Crippen molar-refractivity contribution in [3.63, 3.8) is 0 Å². The van der Waals surface area contributed by atoms with Gasteiger partial charge in [-0.3, -0.25) is 10.1 Å². The van der Waals surface area contributed by atoms with Crippen LogP contribution in [0.15, 0.2) is 61.2 Å². The summed E-state index contributed by atoms with van der Waals surface area (Å²) in [4.78, 5) is 12.6. The fourth-order valence-electron chi connectivity index (χ4n) is 2.21. The topological polar surface area (TPSA) is 59.6 Å². The van der Waals surface area contributed by atoms with Crippen molar-refractivity contribution in [2.75, 3.05) is 18.5 Å². The predicted molar refractivity (Wildman–Crippen MR) is 113 cm³/mol. The fraction of sp³-hybridized carbons (Fsp3) is 0.238. The minimum absolute atomic E-state index is 0.174. The van der Waals surface area contributed by atoms with Gasteiger partial charge < -0.3 is 14.8 Å². The molecule has 0 aromatic heterocycles. The zero-order valence-corrected chi connectivity index (χ0v) is 16.3. The van der Waals surface area contributed by atoms with Crippen LogP contribution < -0.4 is 20.1 Å². The van der Waals surface area contributed by atoms with E-state index in [1.165, 1.54) is 0 Å². The molecule has 0 heterocycles. The normalized spacial score (nSPS) is 10.2. The van der Waals surface area contributed by atoms with Gasteiger partial charge in [-0.15, -0.1) is 0 Å². The average molecular weight is 385 g/mol. The van der Waals surface area contributed by atoms with Gasteiger partial charge in [0.1, 0.15) is 18.1 Å². The Morgan fingerprint density at radius 3 is 2.48 bits per heavy atom. The summed E-state index contributed by atoms with van der Waals surface area (Å²) in [6.07, 6.45) is 1.66.